The topological polar surface area (TPSA) is 51.1 Å². The van der Waals surface area contributed by atoms with E-state index in [0.29, 0.717) is 17.3 Å². The van der Waals surface area contributed by atoms with Gasteiger partial charge in [0.2, 0.25) is 0 Å². The van der Waals surface area contributed by atoms with Crippen molar-refractivity contribution in [2.45, 2.75) is 30.7 Å². The molecular formula is C21H20ClFN2O2S. The molecule has 0 bridgehead atoms. The average molecular weight is 419 g/mol. The number of aryl methyl sites for hydroxylation is 1. The number of halogens is 2. The van der Waals surface area contributed by atoms with Crippen LogP contribution in [-0.2, 0) is 29.4 Å². The summed E-state index contributed by atoms with van der Waals surface area (Å²) >= 11 is 6.18. The van der Waals surface area contributed by atoms with Gasteiger partial charge >= 0.3 is 0 Å². The van der Waals surface area contributed by atoms with Crippen molar-refractivity contribution in [1.82, 2.24) is 9.29 Å². The summed E-state index contributed by atoms with van der Waals surface area (Å²) in [5.74, 6) is -0.582. The SMILES string of the molecule is CNCc1cn(S(=O)(=O)c2cccc(F)c2)c2c1CCCc1cc(Cl)ccc1-2. The largest absolute Gasteiger partial charge is 0.316 e. The predicted octanol–water partition coefficient (Wildman–Crippen LogP) is 4.39. The Hall–Kier alpha value is -2.15. The van der Waals surface area contributed by atoms with E-state index in [0.717, 1.165) is 47.6 Å². The molecule has 0 radical (unpaired) electrons. The summed E-state index contributed by atoms with van der Waals surface area (Å²) in [6.07, 6.45) is 4.15. The predicted molar refractivity (Wildman–Crippen MR) is 109 cm³/mol. The summed E-state index contributed by atoms with van der Waals surface area (Å²) < 4.78 is 41.9. The van der Waals surface area contributed by atoms with Crippen LogP contribution in [0, 0.1) is 5.82 Å². The van der Waals surface area contributed by atoms with Crippen LogP contribution < -0.4 is 5.32 Å². The van der Waals surface area contributed by atoms with Crippen LogP contribution in [0.25, 0.3) is 11.3 Å². The third-order valence-electron chi connectivity index (χ3n) is 5.08. The highest BCUT2D eigenvalue weighted by molar-refractivity contribution is 7.90. The first kappa shape index (κ1) is 19.2. The van der Waals surface area contributed by atoms with Crippen molar-refractivity contribution in [1.29, 1.82) is 0 Å². The summed E-state index contributed by atoms with van der Waals surface area (Å²) in [6, 6.07) is 10.7. The summed E-state index contributed by atoms with van der Waals surface area (Å²) in [6.45, 7) is 0.553. The zero-order valence-corrected chi connectivity index (χ0v) is 16.9. The molecule has 0 saturated carbocycles. The van der Waals surface area contributed by atoms with Gasteiger partial charge in [0, 0.05) is 23.3 Å². The van der Waals surface area contributed by atoms with Gasteiger partial charge in [-0.15, -0.1) is 0 Å². The Labute approximate surface area is 169 Å². The van der Waals surface area contributed by atoms with Crippen molar-refractivity contribution in [2.24, 2.45) is 0 Å². The van der Waals surface area contributed by atoms with E-state index in [-0.39, 0.29) is 4.90 Å². The van der Waals surface area contributed by atoms with E-state index in [1.54, 1.807) is 12.3 Å². The van der Waals surface area contributed by atoms with Gasteiger partial charge in [-0.05, 0) is 73.3 Å². The monoisotopic (exact) mass is 418 g/mol. The molecule has 1 aromatic heterocycles. The Kier molecular flexibility index (Phi) is 5.04. The molecule has 1 aliphatic carbocycles. The average Bonchev–Trinajstić information content (AvgIpc) is 2.91. The molecule has 1 N–H and O–H groups in total. The van der Waals surface area contributed by atoms with E-state index in [1.165, 1.54) is 22.2 Å². The molecule has 0 atom stereocenters. The fourth-order valence-electron chi connectivity index (χ4n) is 3.86. The minimum absolute atomic E-state index is 0.0685. The van der Waals surface area contributed by atoms with Gasteiger partial charge < -0.3 is 5.32 Å². The van der Waals surface area contributed by atoms with Crippen LogP contribution in [0.5, 0.6) is 0 Å². The minimum Gasteiger partial charge on any atom is -0.316 e. The van der Waals surface area contributed by atoms with Gasteiger partial charge in [-0.2, -0.15) is 0 Å². The van der Waals surface area contributed by atoms with Crippen LogP contribution in [0.2, 0.25) is 5.02 Å². The van der Waals surface area contributed by atoms with Gasteiger partial charge in [-0.1, -0.05) is 23.7 Å². The summed E-state index contributed by atoms with van der Waals surface area (Å²) in [5.41, 5.74) is 4.48. The van der Waals surface area contributed by atoms with Crippen LogP contribution in [0.4, 0.5) is 4.39 Å². The fourth-order valence-corrected chi connectivity index (χ4v) is 5.51. The highest BCUT2D eigenvalue weighted by Crippen LogP contribution is 2.38. The number of fused-ring (bicyclic) bond motifs is 3. The van der Waals surface area contributed by atoms with E-state index in [2.05, 4.69) is 5.32 Å². The number of rotatable bonds is 4. The molecule has 1 heterocycles. The second kappa shape index (κ2) is 7.35. The molecule has 4 nitrogen and oxygen atoms in total. The van der Waals surface area contributed by atoms with E-state index >= 15 is 0 Å². The number of hydrogen-bond donors (Lipinski definition) is 1. The zero-order chi connectivity index (χ0) is 19.9. The number of hydrogen-bond acceptors (Lipinski definition) is 3. The van der Waals surface area contributed by atoms with Gasteiger partial charge in [0.1, 0.15) is 5.82 Å². The van der Waals surface area contributed by atoms with E-state index in [4.69, 9.17) is 11.6 Å². The maximum Gasteiger partial charge on any atom is 0.268 e. The lowest BCUT2D eigenvalue weighted by Crippen LogP contribution is -2.14. The molecule has 3 aromatic rings. The van der Waals surface area contributed by atoms with Gasteiger partial charge in [0.05, 0.1) is 10.6 Å². The van der Waals surface area contributed by atoms with Crippen molar-refractivity contribution in [3.05, 3.63) is 76.2 Å². The number of nitrogens with one attached hydrogen (secondary N) is 1. The lowest BCUT2D eigenvalue weighted by atomic mass is 10.0. The first-order valence-corrected chi connectivity index (χ1v) is 10.9. The molecule has 1 aliphatic rings. The van der Waals surface area contributed by atoms with Crippen LogP contribution in [-0.4, -0.2) is 19.4 Å². The Morgan fingerprint density at radius 3 is 2.75 bits per heavy atom. The van der Waals surface area contributed by atoms with Crippen LogP contribution >= 0.6 is 11.6 Å². The molecule has 0 saturated heterocycles. The first-order chi connectivity index (χ1) is 13.4. The molecule has 0 spiro atoms. The summed E-state index contributed by atoms with van der Waals surface area (Å²) in [4.78, 5) is -0.0685. The number of benzene rings is 2. The molecule has 28 heavy (non-hydrogen) atoms. The molecule has 4 rings (SSSR count). The fraction of sp³-hybridized carbons (Fsp3) is 0.238. The van der Waals surface area contributed by atoms with Crippen LogP contribution in [0.3, 0.4) is 0 Å². The Bertz CT molecular complexity index is 1160. The van der Waals surface area contributed by atoms with Crippen LogP contribution in [0.15, 0.2) is 53.6 Å². The highest BCUT2D eigenvalue weighted by Gasteiger charge is 2.28. The molecule has 2 aromatic carbocycles. The molecule has 0 fully saturated rings. The normalized spacial score (nSPS) is 13.7. The van der Waals surface area contributed by atoms with Gasteiger partial charge in [0.15, 0.2) is 0 Å². The first-order valence-electron chi connectivity index (χ1n) is 9.09. The lowest BCUT2D eigenvalue weighted by Gasteiger charge is -2.14. The minimum atomic E-state index is -3.95. The Morgan fingerprint density at radius 1 is 1.18 bits per heavy atom. The van der Waals surface area contributed by atoms with Crippen LogP contribution in [0.1, 0.15) is 23.1 Å². The van der Waals surface area contributed by atoms with Crippen molar-refractivity contribution in [2.75, 3.05) is 7.05 Å². The quantitative estimate of drug-likeness (QED) is 0.683. The molecule has 0 aliphatic heterocycles. The zero-order valence-electron chi connectivity index (χ0n) is 15.4. The summed E-state index contributed by atoms with van der Waals surface area (Å²) in [7, 11) is -2.12. The molecule has 146 valence electrons. The Morgan fingerprint density at radius 2 is 2.00 bits per heavy atom. The van der Waals surface area contributed by atoms with Gasteiger partial charge in [-0.25, -0.2) is 16.8 Å². The molecular weight excluding hydrogens is 399 g/mol. The second-order valence-corrected chi connectivity index (χ2v) is 9.18. The Balaban J connectivity index is 2.01. The van der Waals surface area contributed by atoms with E-state index in [9.17, 15) is 12.8 Å². The molecule has 0 amide bonds. The van der Waals surface area contributed by atoms with Crippen molar-refractivity contribution < 1.29 is 12.8 Å². The third-order valence-corrected chi connectivity index (χ3v) is 6.97. The molecule has 7 heteroatoms. The third kappa shape index (κ3) is 3.26. The van der Waals surface area contributed by atoms with Crippen molar-refractivity contribution in [3.63, 3.8) is 0 Å². The van der Waals surface area contributed by atoms with E-state index < -0.39 is 15.8 Å². The maximum absolute atomic E-state index is 13.7. The second-order valence-electron chi connectivity index (χ2n) is 6.93. The van der Waals surface area contributed by atoms with Gasteiger partial charge in [-0.3, -0.25) is 0 Å². The summed E-state index contributed by atoms with van der Waals surface area (Å²) in [5, 5.41) is 3.74. The van der Waals surface area contributed by atoms with E-state index in [1.807, 2.05) is 19.2 Å². The lowest BCUT2D eigenvalue weighted by molar-refractivity contribution is 0.583. The maximum atomic E-state index is 13.7. The van der Waals surface area contributed by atoms with Gasteiger partial charge in [0.25, 0.3) is 10.0 Å². The van der Waals surface area contributed by atoms with Crippen molar-refractivity contribution in [3.8, 4) is 11.3 Å². The molecule has 0 unspecified atom stereocenters. The number of nitrogens with zero attached hydrogens (tertiary/aromatic N) is 1. The number of aromatic nitrogens is 1. The smallest absolute Gasteiger partial charge is 0.268 e. The standard InChI is InChI=1S/C21H20ClFN2O2S/c1-24-12-15-13-25(28(26,27)18-6-3-5-17(23)11-18)21-19(15)7-2-4-14-10-16(22)8-9-20(14)21/h3,5-6,8-11,13,24H,2,4,7,12H2,1H3. The van der Waals surface area contributed by atoms with Crippen molar-refractivity contribution >= 4 is 21.6 Å². The highest BCUT2D eigenvalue weighted by atomic mass is 35.5.